The van der Waals surface area contributed by atoms with E-state index in [-0.39, 0.29) is 51.8 Å². The molecule has 1 unspecified atom stereocenters. The number of rotatable bonds is 6. The Hall–Kier alpha value is -4.14. The Morgan fingerprint density at radius 3 is 2.78 bits per heavy atom. The maximum atomic E-state index is 15.4. The van der Waals surface area contributed by atoms with Gasteiger partial charge in [-0.1, -0.05) is 18.2 Å². The lowest BCUT2D eigenvalue weighted by Crippen LogP contribution is -2.54. The SMILES string of the molecule is C=CC(=O)N1CCN(c2c(C#N)c(=O)n3c4c(c(-c5c(F)ccnc5NC)c(Cl)cc24)OCC3CN(C)C)[C@@H](C)C1. The van der Waals surface area contributed by atoms with Crippen molar-refractivity contribution in [3.8, 4) is 22.9 Å². The van der Waals surface area contributed by atoms with Gasteiger partial charge in [0.1, 0.15) is 29.9 Å². The number of carbonyl (C=O) groups excluding carboxylic acids is 1. The zero-order valence-electron chi connectivity index (χ0n) is 23.4. The van der Waals surface area contributed by atoms with E-state index >= 15 is 4.39 Å². The van der Waals surface area contributed by atoms with Crippen molar-refractivity contribution in [3.05, 3.63) is 57.7 Å². The second-order valence-corrected chi connectivity index (χ2v) is 10.9. The number of nitrogens with zero attached hydrogens (tertiary/aromatic N) is 6. The van der Waals surface area contributed by atoms with Crippen molar-refractivity contribution in [1.29, 1.82) is 5.26 Å². The molecule has 12 heteroatoms. The normalized spacial score (nSPS) is 18.3. The first kappa shape index (κ1) is 28.4. The number of nitriles is 1. The van der Waals surface area contributed by atoms with Crippen molar-refractivity contribution in [3.63, 3.8) is 0 Å². The lowest BCUT2D eigenvalue weighted by Gasteiger charge is -2.42. The summed E-state index contributed by atoms with van der Waals surface area (Å²) in [6, 6.07) is 4.42. The zero-order chi connectivity index (χ0) is 29.6. The summed E-state index contributed by atoms with van der Waals surface area (Å²) in [5.41, 5.74) is 0.775. The summed E-state index contributed by atoms with van der Waals surface area (Å²) in [7, 11) is 5.41. The summed E-state index contributed by atoms with van der Waals surface area (Å²) in [6.07, 6.45) is 2.63. The predicted octanol–water partition coefficient (Wildman–Crippen LogP) is 3.49. The van der Waals surface area contributed by atoms with E-state index in [0.717, 1.165) is 0 Å². The largest absolute Gasteiger partial charge is 0.488 e. The Balaban J connectivity index is 1.86. The van der Waals surface area contributed by atoms with E-state index in [2.05, 4.69) is 22.9 Å². The Labute approximate surface area is 242 Å². The summed E-state index contributed by atoms with van der Waals surface area (Å²) in [4.78, 5) is 36.3. The summed E-state index contributed by atoms with van der Waals surface area (Å²) >= 11 is 6.92. The van der Waals surface area contributed by atoms with Gasteiger partial charge in [0.15, 0.2) is 5.75 Å². The van der Waals surface area contributed by atoms with Gasteiger partial charge < -0.3 is 24.8 Å². The Morgan fingerprint density at radius 2 is 2.15 bits per heavy atom. The maximum absolute atomic E-state index is 15.4. The Bertz CT molecular complexity index is 1670. The van der Waals surface area contributed by atoms with Gasteiger partial charge in [-0.15, -0.1) is 0 Å². The molecule has 41 heavy (non-hydrogen) atoms. The fraction of sp³-hybridized carbons (Fsp3) is 0.379. The minimum absolute atomic E-state index is 0.0169. The number of piperazine rings is 1. The average molecular weight is 580 g/mol. The summed E-state index contributed by atoms with van der Waals surface area (Å²) in [5, 5.41) is 14.0. The number of carbonyl (C=O) groups is 1. The molecule has 1 N–H and O–H groups in total. The van der Waals surface area contributed by atoms with Gasteiger partial charge in [0.05, 0.1) is 33.4 Å². The van der Waals surface area contributed by atoms with Gasteiger partial charge in [0.2, 0.25) is 5.91 Å². The summed E-state index contributed by atoms with van der Waals surface area (Å²) in [5.74, 6) is -0.219. The van der Waals surface area contributed by atoms with E-state index in [0.29, 0.717) is 42.8 Å². The first-order chi connectivity index (χ1) is 19.6. The molecule has 0 saturated carbocycles. The lowest BCUT2D eigenvalue weighted by atomic mass is 9.96. The number of aromatic nitrogens is 2. The van der Waals surface area contributed by atoms with Crippen LogP contribution in [0.25, 0.3) is 22.0 Å². The van der Waals surface area contributed by atoms with E-state index in [1.165, 1.54) is 18.3 Å². The molecule has 3 aromatic rings. The van der Waals surface area contributed by atoms with E-state index in [4.69, 9.17) is 16.3 Å². The molecule has 1 saturated heterocycles. The Kier molecular flexibility index (Phi) is 7.64. The minimum atomic E-state index is -0.555. The Morgan fingerprint density at radius 1 is 1.39 bits per heavy atom. The van der Waals surface area contributed by atoms with Crippen molar-refractivity contribution in [1.82, 2.24) is 19.4 Å². The van der Waals surface area contributed by atoms with Crippen molar-refractivity contribution in [2.75, 3.05) is 64.1 Å². The van der Waals surface area contributed by atoms with Gasteiger partial charge >= 0.3 is 0 Å². The molecule has 0 spiro atoms. The quantitative estimate of drug-likeness (QED) is 0.442. The smallest absolute Gasteiger partial charge is 0.271 e. The molecule has 0 radical (unpaired) electrons. The van der Waals surface area contributed by atoms with Crippen LogP contribution in [0.4, 0.5) is 15.9 Å². The molecule has 214 valence electrons. The summed E-state index contributed by atoms with van der Waals surface area (Å²) in [6.45, 7) is 7.25. The highest BCUT2D eigenvalue weighted by atomic mass is 35.5. The van der Waals surface area contributed by atoms with Crippen molar-refractivity contribution < 1.29 is 13.9 Å². The number of ether oxygens (including phenoxy) is 1. The minimum Gasteiger partial charge on any atom is -0.488 e. The van der Waals surface area contributed by atoms with Gasteiger partial charge in [-0.25, -0.2) is 9.37 Å². The number of likely N-dealkylation sites (N-methyl/N-ethyl adjacent to an activating group) is 1. The maximum Gasteiger partial charge on any atom is 0.271 e. The molecule has 1 aromatic carbocycles. The standard InChI is InChI=1S/C29H31ClFN7O3/c1-6-22(39)36-9-10-37(16(2)13-36)25-18-11-20(30)23(24-21(31)7-8-34-28(24)33-3)27-26(18)38(29(40)19(25)12-32)17(15-41-27)14-35(4)5/h6-8,11,16-17H,1,9-10,13-15H2,2-5H3,(H,33,34)/t16-,17?/m0/s1. The van der Waals surface area contributed by atoms with E-state index in [9.17, 15) is 14.9 Å². The topological polar surface area (TPSA) is 107 Å². The third-order valence-electron chi connectivity index (χ3n) is 7.63. The molecule has 0 aliphatic carbocycles. The molecule has 2 aromatic heterocycles. The lowest BCUT2D eigenvalue weighted by molar-refractivity contribution is -0.126. The van der Waals surface area contributed by atoms with Crippen molar-refractivity contribution in [2.45, 2.75) is 19.0 Å². The van der Waals surface area contributed by atoms with Crippen molar-refractivity contribution in [2.24, 2.45) is 0 Å². The van der Waals surface area contributed by atoms with Crippen LogP contribution >= 0.6 is 11.6 Å². The number of benzene rings is 1. The average Bonchev–Trinajstić information content (AvgIpc) is 2.94. The highest BCUT2D eigenvalue weighted by Crippen LogP contribution is 2.49. The fourth-order valence-electron chi connectivity index (χ4n) is 5.91. The fourth-order valence-corrected chi connectivity index (χ4v) is 6.20. The number of anilines is 2. The highest BCUT2D eigenvalue weighted by Gasteiger charge is 2.36. The van der Waals surface area contributed by atoms with Crippen LogP contribution in [0.1, 0.15) is 18.5 Å². The molecule has 2 aliphatic heterocycles. The molecule has 5 rings (SSSR count). The molecule has 0 bridgehead atoms. The van der Waals surface area contributed by atoms with Crippen LogP contribution < -0.4 is 20.5 Å². The van der Waals surface area contributed by atoms with Crippen LogP contribution in [0.3, 0.4) is 0 Å². The van der Waals surface area contributed by atoms with Crippen LogP contribution in [0.2, 0.25) is 5.02 Å². The summed E-state index contributed by atoms with van der Waals surface area (Å²) < 4.78 is 23.3. The molecule has 4 heterocycles. The number of pyridine rings is 2. The number of nitrogens with one attached hydrogen (secondary N) is 1. The first-order valence-electron chi connectivity index (χ1n) is 13.3. The van der Waals surface area contributed by atoms with Gasteiger partial charge in [0, 0.05) is 50.9 Å². The second kappa shape index (κ2) is 11.0. The monoisotopic (exact) mass is 579 g/mol. The zero-order valence-corrected chi connectivity index (χ0v) is 24.1. The molecule has 1 fully saturated rings. The first-order valence-corrected chi connectivity index (χ1v) is 13.6. The predicted molar refractivity (Wildman–Crippen MR) is 157 cm³/mol. The number of hydrogen-bond donors (Lipinski definition) is 1. The molecule has 2 atom stereocenters. The second-order valence-electron chi connectivity index (χ2n) is 10.5. The molecular formula is C29H31ClFN7O3. The third-order valence-corrected chi connectivity index (χ3v) is 7.93. The molecule has 2 aliphatic rings. The van der Waals surface area contributed by atoms with E-state index < -0.39 is 17.4 Å². The molecule has 10 nitrogen and oxygen atoms in total. The number of amides is 1. The van der Waals surface area contributed by atoms with Crippen molar-refractivity contribution >= 4 is 39.9 Å². The van der Waals surface area contributed by atoms with Gasteiger partial charge in [-0.2, -0.15) is 5.26 Å². The highest BCUT2D eigenvalue weighted by molar-refractivity contribution is 6.35. The molecular weight excluding hydrogens is 549 g/mol. The number of halogens is 2. The third kappa shape index (κ3) is 4.67. The van der Waals surface area contributed by atoms with E-state index in [1.807, 2.05) is 30.8 Å². The van der Waals surface area contributed by atoms with Gasteiger partial charge in [-0.3, -0.25) is 14.2 Å². The molecule has 1 amide bonds. The number of hydrogen-bond acceptors (Lipinski definition) is 8. The van der Waals surface area contributed by atoms with Gasteiger partial charge in [-0.05, 0) is 39.2 Å². The van der Waals surface area contributed by atoms with Crippen LogP contribution in [0.5, 0.6) is 5.75 Å². The van der Waals surface area contributed by atoms with Gasteiger partial charge in [0.25, 0.3) is 5.56 Å². The van der Waals surface area contributed by atoms with E-state index in [1.54, 1.807) is 22.6 Å². The van der Waals surface area contributed by atoms with Crippen LogP contribution in [-0.4, -0.2) is 85.2 Å². The van der Waals surface area contributed by atoms with Crippen LogP contribution in [0, 0.1) is 17.1 Å². The van der Waals surface area contributed by atoms with Crippen LogP contribution in [0.15, 0.2) is 35.8 Å². The van der Waals surface area contributed by atoms with Crippen LogP contribution in [-0.2, 0) is 4.79 Å².